The molecule has 0 rings (SSSR count). The van der Waals surface area contributed by atoms with Crippen LogP contribution in [0.2, 0.25) is 0 Å². The molecule has 4 heteroatoms. The molecule has 0 aromatic heterocycles. The maximum Gasteiger partial charge on any atom is 0.222 e. The van der Waals surface area contributed by atoms with Crippen LogP contribution in [0.3, 0.4) is 0 Å². The molecule has 0 aliphatic heterocycles. The highest BCUT2D eigenvalue weighted by atomic mass is 16.2. The number of hydrogen-bond donors (Lipinski definition) is 0. The van der Waals surface area contributed by atoms with Gasteiger partial charge in [-0.2, -0.15) is 0 Å². The van der Waals surface area contributed by atoms with Crippen LogP contribution >= 0.6 is 0 Å². The molecule has 0 fully saturated rings. The second kappa shape index (κ2) is 24.1. The Hall–Kier alpha value is -1.06. The highest BCUT2D eigenvalue weighted by Crippen LogP contribution is 2.12. The molecule has 0 aromatic carbocycles. The predicted molar refractivity (Wildman–Crippen MR) is 144 cm³/mol. The Morgan fingerprint density at radius 3 is 0.909 bits per heavy atom. The van der Waals surface area contributed by atoms with E-state index in [1.165, 1.54) is 77.0 Å². The minimum atomic E-state index is 0.258. The summed E-state index contributed by atoms with van der Waals surface area (Å²) in [6.07, 6.45) is 20.9. The average Bonchev–Trinajstić information content (AvgIpc) is 2.81. The van der Waals surface area contributed by atoms with Crippen LogP contribution in [0, 0.1) is 0 Å². The molecule has 0 aliphatic rings. The molecule has 0 bridgehead atoms. The van der Waals surface area contributed by atoms with Crippen LogP contribution in [0.25, 0.3) is 0 Å². The van der Waals surface area contributed by atoms with E-state index in [2.05, 4.69) is 37.5 Å². The molecular formula is C29H58N2O2. The summed E-state index contributed by atoms with van der Waals surface area (Å²) in [7, 11) is 0. The first-order valence-electron chi connectivity index (χ1n) is 14.7. The minimum Gasteiger partial charge on any atom is -0.343 e. The molecule has 0 atom stereocenters. The molecule has 0 radical (unpaired) electrons. The van der Waals surface area contributed by atoms with Crippen molar-refractivity contribution < 1.29 is 9.59 Å². The molecule has 33 heavy (non-hydrogen) atoms. The molecule has 0 spiro atoms. The number of amides is 2. The van der Waals surface area contributed by atoms with Gasteiger partial charge in [-0.1, -0.05) is 105 Å². The fraction of sp³-hybridized carbons (Fsp3) is 0.931. The zero-order valence-corrected chi connectivity index (χ0v) is 23.0. The molecule has 2 amide bonds. The van der Waals surface area contributed by atoms with E-state index in [4.69, 9.17) is 0 Å². The molecule has 0 saturated carbocycles. The molecule has 0 unspecified atom stereocenters. The molecule has 0 saturated heterocycles. The third kappa shape index (κ3) is 19.0. The largest absolute Gasteiger partial charge is 0.343 e. The molecule has 0 heterocycles. The smallest absolute Gasteiger partial charge is 0.222 e. The number of carbonyl (C=O) groups is 2. The highest BCUT2D eigenvalue weighted by Gasteiger charge is 2.16. The second-order valence-electron chi connectivity index (χ2n) is 9.86. The van der Waals surface area contributed by atoms with Crippen LogP contribution in [0.15, 0.2) is 0 Å². The Labute approximate surface area is 207 Å². The van der Waals surface area contributed by atoms with E-state index in [1.807, 2.05) is 0 Å². The number of carbonyl (C=O) groups excluding carboxylic acids is 2. The van der Waals surface area contributed by atoms with Crippen LogP contribution in [0.4, 0.5) is 0 Å². The van der Waals surface area contributed by atoms with Crippen molar-refractivity contribution in [2.75, 3.05) is 26.2 Å². The normalized spacial score (nSPS) is 11.0. The third-order valence-electron chi connectivity index (χ3n) is 6.61. The van der Waals surface area contributed by atoms with Gasteiger partial charge >= 0.3 is 0 Å². The van der Waals surface area contributed by atoms with Gasteiger partial charge in [-0.15, -0.1) is 0 Å². The van der Waals surface area contributed by atoms with E-state index in [1.54, 1.807) is 0 Å². The fourth-order valence-electron chi connectivity index (χ4n) is 4.35. The average molecular weight is 467 g/mol. The van der Waals surface area contributed by atoms with E-state index in [9.17, 15) is 9.59 Å². The monoisotopic (exact) mass is 466 g/mol. The van der Waals surface area contributed by atoms with E-state index in [-0.39, 0.29) is 11.8 Å². The first-order chi connectivity index (χ1) is 16.1. The lowest BCUT2D eigenvalue weighted by atomic mass is 10.1. The van der Waals surface area contributed by atoms with Gasteiger partial charge < -0.3 is 9.80 Å². The lowest BCUT2D eigenvalue weighted by molar-refractivity contribution is -0.133. The zero-order valence-electron chi connectivity index (χ0n) is 23.0. The minimum absolute atomic E-state index is 0.258. The van der Waals surface area contributed by atoms with Crippen molar-refractivity contribution in [1.29, 1.82) is 0 Å². The van der Waals surface area contributed by atoms with Crippen LogP contribution in [-0.2, 0) is 9.59 Å². The van der Waals surface area contributed by atoms with Crippen molar-refractivity contribution in [2.45, 2.75) is 150 Å². The van der Waals surface area contributed by atoms with Gasteiger partial charge in [0.1, 0.15) is 0 Å². The third-order valence-corrected chi connectivity index (χ3v) is 6.61. The van der Waals surface area contributed by atoms with Crippen LogP contribution in [0.1, 0.15) is 150 Å². The molecule has 0 aromatic rings. The van der Waals surface area contributed by atoms with E-state index >= 15 is 0 Å². The predicted octanol–water partition coefficient (Wildman–Crippen LogP) is 8.14. The summed E-state index contributed by atoms with van der Waals surface area (Å²) in [5.74, 6) is 0.515. The summed E-state index contributed by atoms with van der Waals surface area (Å²) in [5.41, 5.74) is 0. The summed E-state index contributed by atoms with van der Waals surface area (Å²) in [4.78, 5) is 30.0. The quantitative estimate of drug-likeness (QED) is 0.135. The SMILES string of the molecule is CCCCCCN(CCCCCC)C(=O)CCCC(=O)N(CCCCCC)CCCCCC. The van der Waals surface area contributed by atoms with E-state index < -0.39 is 0 Å². The summed E-state index contributed by atoms with van der Waals surface area (Å²) in [6.45, 7) is 12.5. The number of hydrogen-bond acceptors (Lipinski definition) is 2. The van der Waals surface area contributed by atoms with Gasteiger partial charge in [0, 0.05) is 39.0 Å². The summed E-state index contributed by atoms with van der Waals surface area (Å²) < 4.78 is 0. The molecule has 196 valence electrons. The Morgan fingerprint density at radius 1 is 0.394 bits per heavy atom. The maximum absolute atomic E-state index is 12.9. The number of nitrogens with zero attached hydrogens (tertiary/aromatic N) is 2. The highest BCUT2D eigenvalue weighted by molar-refractivity contribution is 5.79. The van der Waals surface area contributed by atoms with Gasteiger partial charge in [0.2, 0.25) is 11.8 Å². The van der Waals surface area contributed by atoms with Gasteiger partial charge in [0.15, 0.2) is 0 Å². The Bertz CT molecular complexity index is 389. The van der Waals surface area contributed by atoms with Gasteiger partial charge in [-0.3, -0.25) is 9.59 Å². The first-order valence-corrected chi connectivity index (χ1v) is 14.7. The van der Waals surface area contributed by atoms with Crippen molar-refractivity contribution in [2.24, 2.45) is 0 Å². The van der Waals surface area contributed by atoms with Crippen LogP contribution < -0.4 is 0 Å². The van der Waals surface area contributed by atoms with Crippen LogP contribution in [0.5, 0.6) is 0 Å². The summed E-state index contributed by atoms with van der Waals surface area (Å²) in [5, 5.41) is 0. The Kier molecular flexibility index (Phi) is 23.3. The Morgan fingerprint density at radius 2 is 0.667 bits per heavy atom. The van der Waals surface area contributed by atoms with E-state index in [0.717, 1.165) is 51.9 Å². The standard InChI is InChI=1S/C29H58N2O2/c1-5-9-13-17-24-30(25-18-14-10-6-2)28(32)22-21-23-29(33)31(26-19-15-11-7-3)27-20-16-12-8-4/h5-27H2,1-4H3. The summed E-state index contributed by atoms with van der Waals surface area (Å²) >= 11 is 0. The number of unbranched alkanes of at least 4 members (excludes halogenated alkanes) is 12. The van der Waals surface area contributed by atoms with Gasteiger partial charge in [-0.05, 0) is 32.1 Å². The molecule has 0 aliphatic carbocycles. The van der Waals surface area contributed by atoms with E-state index in [0.29, 0.717) is 19.3 Å². The first kappa shape index (κ1) is 31.9. The van der Waals surface area contributed by atoms with Gasteiger partial charge in [0.05, 0.1) is 0 Å². The topological polar surface area (TPSA) is 40.6 Å². The lowest BCUT2D eigenvalue weighted by Crippen LogP contribution is -2.34. The fourth-order valence-corrected chi connectivity index (χ4v) is 4.35. The van der Waals surface area contributed by atoms with Gasteiger partial charge in [-0.25, -0.2) is 0 Å². The molecule has 0 N–H and O–H groups in total. The number of rotatable bonds is 24. The van der Waals surface area contributed by atoms with Crippen molar-refractivity contribution in [3.05, 3.63) is 0 Å². The van der Waals surface area contributed by atoms with Crippen molar-refractivity contribution in [1.82, 2.24) is 9.80 Å². The van der Waals surface area contributed by atoms with Crippen molar-refractivity contribution in [3.63, 3.8) is 0 Å². The lowest BCUT2D eigenvalue weighted by Gasteiger charge is -2.24. The van der Waals surface area contributed by atoms with Crippen molar-refractivity contribution in [3.8, 4) is 0 Å². The van der Waals surface area contributed by atoms with Crippen molar-refractivity contribution >= 4 is 11.8 Å². The molecular weight excluding hydrogens is 408 g/mol. The maximum atomic E-state index is 12.9. The molecule has 4 nitrogen and oxygen atoms in total. The Balaban J connectivity index is 4.53. The summed E-state index contributed by atoms with van der Waals surface area (Å²) in [6, 6.07) is 0. The van der Waals surface area contributed by atoms with Gasteiger partial charge in [0.25, 0.3) is 0 Å². The zero-order chi connectivity index (χ0) is 24.6. The van der Waals surface area contributed by atoms with Crippen LogP contribution in [-0.4, -0.2) is 47.8 Å². The second-order valence-corrected chi connectivity index (χ2v) is 9.86.